The second kappa shape index (κ2) is 26.2. The fourth-order valence-electron chi connectivity index (χ4n) is 10.0. The third-order valence-corrected chi connectivity index (χ3v) is 13.0. The molecule has 2 aliphatic carbocycles. The van der Waals surface area contributed by atoms with Crippen molar-refractivity contribution in [3.63, 3.8) is 0 Å². The number of non-ortho nitro benzene ring substituents is 1. The van der Waals surface area contributed by atoms with Gasteiger partial charge in [-0.2, -0.15) is 0 Å². The fraction of sp³-hybridized carbons (Fsp3) is 0.444. The molecule has 3 N–H and O–H groups in total. The summed E-state index contributed by atoms with van der Waals surface area (Å²) in [5, 5.41) is 46.3. The van der Waals surface area contributed by atoms with Crippen molar-refractivity contribution in [3.8, 4) is 17.2 Å². The van der Waals surface area contributed by atoms with Gasteiger partial charge in [-0.25, -0.2) is 4.79 Å². The third-order valence-electron chi connectivity index (χ3n) is 13.0. The van der Waals surface area contributed by atoms with E-state index in [0.717, 1.165) is 35.1 Å². The Kier molecular flexibility index (Phi) is 19.3. The van der Waals surface area contributed by atoms with Crippen molar-refractivity contribution in [2.24, 2.45) is 22.9 Å². The lowest BCUT2D eigenvalue weighted by Gasteiger charge is -2.59. The Hall–Kier alpha value is -6.14. The molecule has 1 amide bonds. The lowest BCUT2D eigenvalue weighted by molar-refractivity contribution is -0.384. The van der Waals surface area contributed by atoms with Crippen LogP contribution in [0.15, 0.2) is 133 Å². The first-order valence-electron chi connectivity index (χ1n) is 24.2. The number of oxime groups is 1. The van der Waals surface area contributed by atoms with E-state index in [-0.39, 0.29) is 102 Å². The molecule has 7 rings (SSSR count). The second-order valence-corrected chi connectivity index (χ2v) is 17.6. The van der Waals surface area contributed by atoms with Crippen LogP contribution in [0.4, 0.5) is 10.5 Å². The number of hydrogen-bond acceptors (Lipinski definition) is 14. The Balaban J connectivity index is 1.37. The van der Waals surface area contributed by atoms with E-state index in [9.17, 15) is 30.2 Å². The Morgan fingerprint density at radius 3 is 2.27 bits per heavy atom. The SMILES string of the molecule is C=CCO[C@@]12Oc3ccc(Oc4cccc([N+](=O)[O-])c4)cc3[C@H]3[C@H](CCCCO)[C@@H](CCCCO)C=C(C(=NOCc4ccccc4)C[C@@H]1N(CCOCCO)C(=O)OCCOCc1ccccc1)[C@H]32. The number of nitro benzene ring substituents is 1. The summed E-state index contributed by atoms with van der Waals surface area (Å²) < 4.78 is 38.5. The molecule has 6 atom stereocenters. The van der Waals surface area contributed by atoms with Gasteiger partial charge < -0.3 is 48.6 Å². The van der Waals surface area contributed by atoms with Crippen molar-refractivity contribution in [1.29, 1.82) is 0 Å². The highest BCUT2D eigenvalue weighted by atomic mass is 16.7. The van der Waals surface area contributed by atoms with Crippen molar-refractivity contribution in [2.75, 3.05) is 59.4 Å². The Morgan fingerprint density at radius 2 is 1.56 bits per heavy atom. The molecule has 16 heteroatoms. The largest absolute Gasteiger partial charge is 0.459 e. The molecule has 70 heavy (non-hydrogen) atoms. The lowest BCUT2D eigenvalue weighted by atomic mass is 9.55. The van der Waals surface area contributed by atoms with Gasteiger partial charge in [0, 0.05) is 43.7 Å². The molecule has 3 aliphatic rings. The van der Waals surface area contributed by atoms with E-state index >= 15 is 0 Å². The number of ether oxygens (including phenoxy) is 6. The van der Waals surface area contributed by atoms with Gasteiger partial charge in [-0.05, 0) is 78.5 Å². The molecule has 0 bridgehead atoms. The summed E-state index contributed by atoms with van der Waals surface area (Å²) in [6.45, 7) is 4.64. The molecular weight excluding hydrogens is 899 g/mol. The van der Waals surface area contributed by atoms with Crippen molar-refractivity contribution < 1.29 is 58.3 Å². The van der Waals surface area contributed by atoms with Gasteiger partial charge in [0.2, 0.25) is 5.79 Å². The van der Waals surface area contributed by atoms with Crippen LogP contribution in [0, 0.1) is 27.9 Å². The molecule has 0 radical (unpaired) electrons. The fourth-order valence-corrected chi connectivity index (χ4v) is 10.0. The number of allylic oxidation sites excluding steroid dienone is 1. The Bertz CT molecular complexity index is 2370. The molecule has 4 aromatic rings. The summed E-state index contributed by atoms with van der Waals surface area (Å²) in [7, 11) is 0. The number of nitro groups is 1. The molecule has 1 saturated carbocycles. The minimum Gasteiger partial charge on any atom is -0.459 e. The number of nitrogens with zero attached hydrogens (tertiary/aromatic N) is 3. The first kappa shape index (κ1) is 51.7. The zero-order valence-corrected chi connectivity index (χ0v) is 39.6. The van der Waals surface area contributed by atoms with E-state index in [1.165, 1.54) is 12.1 Å². The topological polar surface area (TPSA) is 201 Å². The maximum Gasteiger partial charge on any atom is 0.410 e. The number of aliphatic hydroxyl groups is 3. The molecule has 1 aliphatic heterocycles. The number of hydrogen-bond donors (Lipinski definition) is 3. The van der Waals surface area contributed by atoms with Crippen molar-refractivity contribution >= 4 is 17.5 Å². The van der Waals surface area contributed by atoms with Gasteiger partial charge in [0.15, 0.2) is 0 Å². The lowest BCUT2D eigenvalue weighted by Crippen LogP contribution is -2.70. The minimum atomic E-state index is -1.59. The van der Waals surface area contributed by atoms with Crippen molar-refractivity contribution in [2.45, 2.75) is 75.9 Å². The molecule has 374 valence electrons. The predicted molar refractivity (Wildman–Crippen MR) is 261 cm³/mol. The number of benzene rings is 4. The number of fused-ring (bicyclic) bond motifs is 2. The van der Waals surface area contributed by atoms with Gasteiger partial charge >= 0.3 is 6.09 Å². The van der Waals surface area contributed by atoms with Gasteiger partial charge in [-0.3, -0.25) is 15.0 Å². The molecule has 0 saturated heterocycles. The van der Waals surface area contributed by atoms with Gasteiger partial charge in [-0.15, -0.1) is 6.58 Å². The number of aliphatic hydroxyl groups excluding tert-OH is 3. The van der Waals surface area contributed by atoms with E-state index in [1.54, 1.807) is 29.2 Å². The number of unbranched alkanes of at least 4 members (excludes halogenated alkanes) is 2. The number of amides is 1. The van der Waals surface area contributed by atoms with Crippen LogP contribution in [0.25, 0.3) is 0 Å². The minimum absolute atomic E-state index is 0.0225. The molecule has 16 nitrogen and oxygen atoms in total. The first-order valence-corrected chi connectivity index (χ1v) is 24.2. The summed E-state index contributed by atoms with van der Waals surface area (Å²) in [4.78, 5) is 33.8. The highest BCUT2D eigenvalue weighted by molar-refractivity contribution is 6.03. The van der Waals surface area contributed by atoms with Gasteiger partial charge in [-0.1, -0.05) is 96.9 Å². The van der Waals surface area contributed by atoms with E-state index in [2.05, 4.69) is 12.7 Å². The average Bonchev–Trinajstić information content (AvgIpc) is 3.37. The maximum atomic E-state index is 14.8. The van der Waals surface area contributed by atoms with Crippen molar-refractivity contribution in [1.82, 2.24) is 4.90 Å². The highest BCUT2D eigenvalue weighted by Gasteiger charge is 2.65. The van der Waals surface area contributed by atoms with Crippen LogP contribution in [0.3, 0.4) is 0 Å². The Labute approximate surface area is 409 Å². The van der Waals surface area contributed by atoms with Crippen LogP contribution in [0.5, 0.6) is 17.2 Å². The van der Waals surface area contributed by atoms with E-state index in [0.29, 0.717) is 49.5 Å². The number of rotatable bonds is 28. The monoisotopic (exact) mass is 963 g/mol. The van der Waals surface area contributed by atoms with E-state index in [1.807, 2.05) is 72.8 Å². The average molecular weight is 964 g/mol. The normalized spacial score (nSPS) is 21.7. The molecule has 0 aromatic heterocycles. The van der Waals surface area contributed by atoms with Crippen molar-refractivity contribution in [3.05, 3.63) is 154 Å². The number of carbonyl (C=O) groups is 1. The summed E-state index contributed by atoms with van der Waals surface area (Å²) in [5.74, 6) is -1.53. The van der Waals surface area contributed by atoms with Crippen LogP contribution in [0.1, 0.15) is 67.6 Å². The van der Waals surface area contributed by atoms with Gasteiger partial charge in [0.05, 0.1) is 62.3 Å². The molecule has 1 heterocycles. The summed E-state index contributed by atoms with van der Waals surface area (Å²) in [6.07, 6.45) is 7.44. The molecular formula is C54H65N3O13. The van der Waals surface area contributed by atoms with Gasteiger partial charge in [0.1, 0.15) is 36.5 Å². The quantitative estimate of drug-likeness (QED) is 0.0211. The smallest absolute Gasteiger partial charge is 0.410 e. The van der Waals surface area contributed by atoms with Crippen LogP contribution in [-0.2, 0) is 37.0 Å². The molecule has 0 unspecified atom stereocenters. The van der Waals surface area contributed by atoms with E-state index in [4.69, 9.17) is 38.4 Å². The zero-order valence-electron chi connectivity index (χ0n) is 39.6. The van der Waals surface area contributed by atoms with E-state index < -0.39 is 28.8 Å². The van der Waals surface area contributed by atoms with Crippen LogP contribution in [0.2, 0.25) is 0 Å². The zero-order chi connectivity index (χ0) is 49.1. The Morgan fingerprint density at radius 1 is 0.829 bits per heavy atom. The predicted octanol–water partition coefficient (Wildman–Crippen LogP) is 8.89. The highest BCUT2D eigenvalue weighted by Crippen LogP contribution is 2.62. The third kappa shape index (κ3) is 13.0. The molecule has 0 spiro atoms. The van der Waals surface area contributed by atoms with Crippen LogP contribution >= 0.6 is 0 Å². The van der Waals surface area contributed by atoms with Gasteiger partial charge in [0.25, 0.3) is 5.69 Å². The van der Waals surface area contributed by atoms with Crippen LogP contribution < -0.4 is 9.47 Å². The first-order chi connectivity index (χ1) is 34.3. The second-order valence-electron chi connectivity index (χ2n) is 17.6. The summed E-state index contributed by atoms with van der Waals surface area (Å²) in [6, 6.07) is 30.0. The molecule has 1 fully saturated rings. The standard InChI is InChI=1S/C54H65N3O13/c1-2-28-67-54-50(56(24-29-64-30-27-60)53(61)66-32-31-65-37-39-14-5-3-6-15-39)36-48(55-68-38-40-16-7-4-8-17-40)46-33-41(18-9-11-25-58)45(21-10-12-26-59)51(52(46)54)47-35-44(22-23-49(47)70-54)69-43-20-13-19-42(34-43)57(62)63/h2-8,13-17,19-20,22-23,33-35,41,45,50-52,58-60H,1,9-12,18,21,24-32,36-38H2/t41-,45+,50-,51+,52+,54+/m0/s1. The summed E-state index contributed by atoms with van der Waals surface area (Å²) >= 11 is 0. The maximum absolute atomic E-state index is 14.8. The number of carbonyl (C=O) groups excluding carboxylic acids is 1. The molecule has 4 aromatic carbocycles. The summed E-state index contributed by atoms with van der Waals surface area (Å²) in [5.41, 5.74) is 4.01. The van der Waals surface area contributed by atoms with Crippen LogP contribution in [-0.4, -0.2) is 108 Å².